The summed E-state index contributed by atoms with van der Waals surface area (Å²) in [5.41, 5.74) is 1.29. The average molecular weight is 277 g/mol. The lowest BCUT2D eigenvalue weighted by molar-refractivity contribution is -0.138. The fourth-order valence-electron chi connectivity index (χ4n) is 1.51. The summed E-state index contributed by atoms with van der Waals surface area (Å²) >= 11 is 0. The van der Waals surface area contributed by atoms with E-state index in [1.54, 1.807) is 6.92 Å². The summed E-state index contributed by atoms with van der Waals surface area (Å²) in [7, 11) is 0. The summed E-state index contributed by atoms with van der Waals surface area (Å²) in [4.78, 5) is 11.4. The molecule has 1 aromatic carbocycles. The number of hydrogen-bond acceptors (Lipinski definition) is 4. The second-order valence-electron chi connectivity index (χ2n) is 4.54. The minimum Gasteiger partial charge on any atom is -0.491 e. The first-order valence-electron chi connectivity index (χ1n) is 6.92. The summed E-state index contributed by atoms with van der Waals surface area (Å²) in [5.74, 6) is 0.443. The molecule has 4 nitrogen and oxygen atoms in total. The lowest BCUT2D eigenvalue weighted by atomic mass is 10.2. The van der Waals surface area contributed by atoms with Crippen molar-refractivity contribution in [1.29, 1.82) is 0 Å². The second-order valence-corrected chi connectivity index (χ2v) is 4.54. The first-order chi connectivity index (χ1) is 9.56. The highest BCUT2D eigenvalue weighted by molar-refractivity contribution is 5.88. The highest BCUT2D eigenvalue weighted by Crippen LogP contribution is 2.19. The van der Waals surface area contributed by atoms with Gasteiger partial charge in [-0.1, -0.05) is 19.6 Å². The normalized spacial score (nSPS) is 11.6. The maximum atomic E-state index is 11.4. The van der Waals surface area contributed by atoms with Gasteiger partial charge in [0, 0.05) is 23.9 Å². The third-order valence-corrected chi connectivity index (χ3v) is 2.82. The molecular formula is C16H23NO3. The molecule has 0 aliphatic rings. The molecule has 0 aliphatic heterocycles. The minimum atomic E-state index is -0.369. The van der Waals surface area contributed by atoms with Crippen LogP contribution in [0.1, 0.15) is 27.2 Å². The van der Waals surface area contributed by atoms with Crippen molar-refractivity contribution in [3.8, 4) is 5.75 Å². The molecule has 0 amide bonds. The van der Waals surface area contributed by atoms with Gasteiger partial charge in [-0.05, 0) is 32.4 Å². The van der Waals surface area contributed by atoms with Gasteiger partial charge in [-0.2, -0.15) is 0 Å². The number of rotatable bonds is 8. The molecule has 1 unspecified atom stereocenters. The zero-order valence-corrected chi connectivity index (χ0v) is 12.4. The van der Waals surface area contributed by atoms with Crippen LogP contribution in [-0.2, 0) is 9.53 Å². The summed E-state index contributed by atoms with van der Waals surface area (Å²) < 4.78 is 10.6. The fourth-order valence-corrected chi connectivity index (χ4v) is 1.51. The molecule has 1 atom stereocenters. The van der Waals surface area contributed by atoms with Gasteiger partial charge < -0.3 is 14.8 Å². The first kappa shape index (κ1) is 16.1. The van der Waals surface area contributed by atoms with E-state index in [1.165, 1.54) is 0 Å². The highest BCUT2D eigenvalue weighted by atomic mass is 16.5. The van der Waals surface area contributed by atoms with E-state index in [-0.39, 0.29) is 12.1 Å². The van der Waals surface area contributed by atoms with Gasteiger partial charge in [0.15, 0.2) is 0 Å². The average Bonchev–Trinajstić information content (AvgIpc) is 2.45. The van der Waals surface area contributed by atoms with Crippen LogP contribution in [0.4, 0.5) is 5.69 Å². The summed E-state index contributed by atoms with van der Waals surface area (Å²) in [6.07, 6.45) is 1.14. The number of hydrogen-bond donors (Lipinski definition) is 1. The molecule has 0 fully saturated rings. The van der Waals surface area contributed by atoms with Crippen molar-refractivity contribution in [3.63, 3.8) is 0 Å². The van der Waals surface area contributed by atoms with E-state index in [0.717, 1.165) is 17.9 Å². The molecule has 0 radical (unpaired) electrons. The molecule has 0 bridgehead atoms. The van der Waals surface area contributed by atoms with Gasteiger partial charge in [0.25, 0.3) is 0 Å². The largest absolute Gasteiger partial charge is 0.491 e. The molecule has 4 heteroatoms. The maximum absolute atomic E-state index is 11.4. The number of carbonyl (C=O) groups is 1. The molecule has 0 heterocycles. The van der Waals surface area contributed by atoms with E-state index in [4.69, 9.17) is 9.47 Å². The van der Waals surface area contributed by atoms with Crippen molar-refractivity contribution in [1.82, 2.24) is 0 Å². The SMILES string of the molecule is C=C(CNc1cccc(OC(C)CC)c1)C(=O)OCC. The first-order valence-corrected chi connectivity index (χ1v) is 6.92. The summed E-state index contributed by atoms with van der Waals surface area (Å²) in [5, 5.41) is 3.14. The van der Waals surface area contributed by atoms with Gasteiger partial charge >= 0.3 is 5.97 Å². The molecule has 0 aromatic heterocycles. The Hall–Kier alpha value is -1.97. The van der Waals surface area contributed by atoms with Crippen molar-refractivity contribution in [3.05, 3.63) is 36.4 Å². The van der Waals surface area contributed by atoms with E-state index in [9.17, 15) is 4.79 Å². The molecule has 0 spiro atoms. The van der Waals surface area contributed by atoms with Crippen LogP contribution in [0.15, 0.2) is 36.4 Å². The predicted molar refractivity (Wildman–Crippen MR) is 81.1 cm³/mol. The molecule has 0 saturated carbocycles. The lowest BCUT2D eigenvalue weighted by Gasteiger charge is -2.14. The zero-order valence-electron chi connectivity index (χ0n) is 12.4. The molecule has 1 aromatic rings. The van der Waals surface area contributed by atoms with Gasteiger partial charge in [0.2, 0.25) is 0 Å². The molecule has 0 saturated heterocycles. The Morgan fingerprint density at radius 1 is 1.40 bits per heavy atom. The second kappa shape index (κ2) is 8.25. The Morgan fingerprint density at radius 3 is 2.80 bits per heavy atom. The molecular weight excluding hydrogens is 254 g/mol. The number of nitrogens with one attached hydrogen (secondary N) is 1. The summed E-state index contributed by atoms with van der Waals surface area (Å²) in [6.45, 7) is 10.3. The van der Waals surface area contributed by atoms with Crippen molar-refractivity contribution < 1.29 is 14.3 Å². The Labute approximate surface area is 120 Å². The number of benzene rings is 1. The van der Waals surface area contributed by atoms with Crippen molar-refractivity contribution in [2.45, 2.75) is 33.3 Å². The minimum absolute atomic E-state index is 0.180. The van der Waals surface area contributed by atoms with Gasteiger partial charge in [0.05, 0.1) is 12.7 Å². The van der Waals surface area contributed by atoms with E-state index in [2.05, 4.69) is 18.8 Å². The predicted octanol–water partition coefficient (Wildman–Crippen LogP) is 3.40. The number of anilines is 1. The smallest absolute Gasteiger partial charge is 0.335 e. The van der Waals surface area contributed by atoms with E-state index >= 15 is 0 Å². The van der Waals surface area contributed by atoms with Crippen LogP contribution >= 0.6 is 0 Å². The van der Waals surface area contributed by atoms with E-state index in [0.29, 0.717) is 18.7 Å². The topological polar surface area (TPSA) is 47.6 Å². The van der Waals surface area contributed by atoms with Crippen molar-refractivity contribution in [2.75, 3.05) is 18.5 Å². The highest BCUT2D eigenvalue weighted by Gasteiger charge is 2.07. The van der Waals surface area contributed by atoms with Gasteiger partial charge in [0.1, 0.15) is 5.75 Å². The lowest BCUT2D eigenvalue weighted by Crippen LogP contribution is -2.15. The Bertz CT molecular complexity index is 457. The van der Waals surface area contributed by atoms with Gasteiger partial charge in [-0.3, -0.25) is 0 Å². The third kappa shape index (κ3) is 5.34. The maximum Gasteiger partial charge on any atom is 0.335 e. The van der Waals surface area contributed by atoms with Crippen LogP contribution in [0.3, 0.4) is 0 Å². The molecule has 1 N–H and O–H groups in total. The Balaban J connectivity index is 2.54. The monoisotopic (exact) mass is 277 g/mol. The van der Waals surface area contributed by atoms with Crippen LogP contribution < -0.4 is 10.1 Å². The molecule has 20 heavy (non-hydrogen) atoms. The Kier molecular flexibility index (Phi) is 6.64. The van der Waals surface area contributed by atoms with Gasteiger partial charge in [-0.15, -0.1) is 0 Å². The molecule has 0 aliphatic carbocycles. The van der Waals surface area contributed by atoms with E-state index < -0.39 is 0 Å². The zero-order chi connectivity index (χ0) is 15.0. The number of ether oxygens (including phenoxy) is 2. The number of esters is 1. The Morgan fingerprint density at radius 2 is 2.15 bits per heavy atom. The fraction of sp³-hybridized carbons (Fsp3) is 0.438. The number of carbonyl (C=O) groups excluding carboxylic acids is 1. The van der Waals surface area contributed by atoms with Crippen molar-refractivity contribution >= 4 is 11.7 Å². The van der Waals surface area contributed by atoms with Crippen LogP contribution in [0, 0.1) is 0 Å². The van der Waals surface area contributed by atoms with E-state index in [1.807, 2.05) is 31.2 Å². The summed E-state index contributed by atoms with van der Waals surface area (Å²) in [6, 6.07) is 7.65. The van der Waals surface area contributed by atoms with Crippen LogP contribution in [0.2, 0.25) is 0 Å². The van der Waals surface area contributed by atoms with Crippen LogP contribution in [0.25, 0.3) is 0 Å². The van der Waals surface area contributed by atoms with Gasteiger partial charge in [-0.25, -0.2) is 4.79 Å². The molecule has 110 valence electrons. The molecule has 1 rings (SSSR count). The van der Waals surface area contributed by atoms with Crippen LogP contribution in [-0.4, -0.2) is 25.2 Å². The quantitative estimate of drug-likeness (QED) is 0.584. The van der Waals surface area contributed by atoms with Crippen molar-refractivity contribution in [2.24, 2.45) is 0 Å². The standard InChI is InChI=1S/C16H23NO3/c1-5-13(4)20-15-9-7-8-14(10-15)17-11-12(3)16(18)19-6-2/h7-10,13,17H,3,5-6,11H2,1-2,4H3. The van der Waals surface area contributed by atoms with Crippen LogP contribution in [0.5, 0.6) is 5.75 Å². The third-order valence-electron chi connectivity index (χ3n) is 2.82.